The third kappa shape index (κ3) is 11.2. The van der Waals surface area contributed by atoms with Gasteiger partial charge in [0.2, 0.25) is 11.8 Å². The molecule has 6 nitrogen and oxygen atoms in total. The van der Waals surface area contributed by atoms with E-state index < -0.39 is 0 Å². The molecular weight excluding hydrogens is 680 g/mol. The van der Waals surface area contributed by atoms with Gasteiger partial charge in [0.1, 0.15) is 0 Å². The Labute approximate surface area is 291 Å². The van der Waals surface area contributed by atoms with Crippen LogP contribution < -0.4 is 9.80 Å². The fraction of sp³-hybridized carbons (Fsp3) is 0.778. The summed E-state index contributed by atoms with van der Waals surface area (Å²) in [5.41, 5.74) is 5.14. The summed E-state index contributed by atoms with van der Waals surface area (Å²) in [6.07, 6.45) is 12.8. The summed E-state index contributed by atoms with van der Waals surface area (Å²) in [5, 5.41) is 0. The number of hydrogen-bond acceptors (Lipinski definition) is 4. The summed E-state index contributed by atoms with van der Waals surface area (Å²) < 4.78 is 0. The molecule has 2 fully saturated rings. The number of unbranched alkanes of at least 4 members (excludes halogenated alkanes) is 4. The van der Waals surface area contributed by atoms with Crippen LogP contribution in [0.15, 0.2) is 12.1 Å². The first-order chi connectivity index (χ1) is 20.4. The lowest BCUT2D eigenvalue weighted by molar-refractivity contribution is -0.136. The molecule has 1 aromatic rings. The number of carbonyl (C=O) groups is 2. The van der Waals surface area contributed by atoms with E-state index in [1.54, 1.807) is 0 Å². The zero-order valence-electron chi connectivity index (χ0n) is 28.9. The first kappa shape index (κ1) is 40.7. The second-order valence-electron chi connectivity index (χ2n) is 13.0. The quantitative estimate of drug-likeness (QED) is 0.170. The van der Waals surface area contributed by atoms with E-state index in [9.17, 15) is 9.59 Å². The second kappa shape index (κ2) is 21.5. The Balaban J connectivity index is 0.00000484. The molecule has 254 valence electrons. The molecule has 2 unspecified atom stereocenters. The first-order valence-corrected chi connectivity index (χ1v) is 17.5. The van der Waals surface area contributed by atoms with E-state index in [1.165, 1.54) is 22.5 Å². The van der Waals surface area contributed by atoms with E-state index in [-0.39, 0.29) is 45.8 Å². The van der Waals surface area contributed by atoms with Crippen molar-refractivity contribution < 1.29 is 9.59 Å². The van der Waals surface area contributed by atoms with E-state index >= 15 is 0 Å². The van der Waals surface area contributed by atoms with Gasteiger partial charge in [0.15, 0.2) is 0 Å². The lowest BCUT2D eigenvalue weighted by Crippen LogP contribution is -2.47. The normalized spacial score (nSPS) is 18.3. The maximum Gasteiger partial charge on any atom is 0.227 e. The highest BCUT2D eigenvalue weighted by molar-refractivity contribution is 8.93. The van der Waals surface area contributed by atoms with Crippen LogP contribution in [-0.4, -0.2) is 74.0 Å². The van der Waals surface area contributed by atoms with Gasteiger partial charge in [-0.3, -0.25) is 9.59 Å². The Morgan fingerprint density at radius 3 is 1.25 bits per heavy atom. The van der Waals surface area contributed by atoms with Gasteiger partial charge >= 0.3 is 0 Å². The van der Waals surface area contributed by atoms with Gasteiger partial charge in [-0.05, 0) is 76.3 Å². The van der Waals surface area contributed by atoms with E-state index in [1.807, 2.05) is 0 Å². The predicted molar refractivity (Wildman–Crippen MR) is 199 cm³/mol. The van der Waals surface area contributed by atoms with Gasteiger partial charge in [-0.15, -0.1) is 34.0 Å². The Bertz CT molecular complexity index is 898. The number of benzene rings is 1. The minimum atomic E-state index is 0. The van der Waals surface area contributed by atoms with Crippen molar-refractivity contribution in [1.82, 2.24) is 9.80 Å². The van der Waals surface area contributed by atoms with Crippen molar-refractivity contribution in [3.63, 3.8) is 0 Å². The van der Waals surface area contributed by atoms with Crippen LogP contribution in [0.4, 0.5) is 11.4 Å². The standard InChI is InChI=1S/C36H62N4O2.2BrH/c1-7-11-21-37(22-12-8-2)35(41)31-17-15-25-39(27-31)33-29(5)19-20-30(6)34(33)40-26-16-18-32(28-40)36(42)38(23-13-9-3)24-14-10-4;;/h19-20,31-32H,7-18,21-28H2,1-6H3;2*1H. The highest BCUT2D eigenvalue weighted by Gasteiger charge is 2.34. The smallest absolute Gasteiger partial charge is 0.227 e. The van der Waals surface area contributed by atoms with Crippen LogP contribution in [0.25, 0.3) is 0 Å². The average Bonchev–Trinajstić information content (AvgIpc) is 3.01. The Kier molecular flexibility index (Phi) is 19.9. The van der Waals surface area contributed by atoms with E-state index in [2.05, 4.69) is 73.3 Å². The first-order valence-electron chi connectivity index (χ1n) is 17.5. The molecule has 8 heteroatoms. The van der Waals surface area contributed by atoms with Gasteiger partial charge < -0.3 is 19.6 Å². The predicted octanol–water partition coefficient (Wildman–Crippen LogP) is 8.75. The Morgan fingerprint density at radius 2 is 0.955 bits per heavy atom. The molecule has 0 N–H and O–H groups in total. The fourth-order valence-corrected chi connectivity index (χ4v) is 6.92. The molecule has 2 heterocycles. The number of rotatable bonds is 16. The van der Waals surface area contributed by atoms with Crippen LogP contribution in [-0.2, 0) is 9.59 Å². The van der Waals surface area contributed by atoms with E-state index in [0.29, 0.717) is 11.8 Å². The molecule has 44 heavy (non-hydrogen) atoms. The van der Waals surface area contributed by atoms with Gasteiger partial charge in [0, 0.05) is 52.4 Å². The summed E-state index contributed by atoms with van der Waals surface area (Å²) in [6.45, 7) is 20.4. The summed E-state index contributed by atoms with van der Waals surface area (Å²) in [5.74, 6) is 0.830. The minimum Gasteiger partial charge on any atom is -0.369 e. The van der Waals surface area contributed by atoms with Crippen molar-refractivity contribution in [2.45, 2.75) is 119 Å². The zero-order chi connectivity index (χ0) is 30.5. The van der Waals surface area contributed by atoms with Crippen molar-refractivity contribution in [2.75, 3.05) is 62.2 Å². The van der Waals surface area contributed by atoms with Crippen LogP contribution in [0.3, 0.4) is 0 Å². The van der Waals surface area contributed by atoms with Crippen LogP contribution >= 0.6 is 34.0 Å². The highest BCUT2D eigenvalue weighted by atomic mass is 79.9. The molecule has 2 aliphatic rings. The van der Waals surface area contributed by atoms with E-state index in [4.69, 9.17) is 0 Å². The van der Waals surface area contributed by atoms with Crippen molar-refractivity contribution >= 4 is 57.2 Å². The number of halogens is 2. The maximum atomic E-state index is 13.8. The number of nitrogens with zero attached hydrogens (tertiary/aromatic N) is 4. The van der Waals surface area contributed by atoms with Crippen LogP contribution in [0.2, 0.25) is 0 Å². The molecular formula is C36H64Br2N4O2. The second-order valence-corrected chi connectivity index (χ2v) is 13.0. The van der Waals surface area contributed by atoms with Crippen LogP contribution in [0.5, 0.6) is 0 Å². The van der Waals surface area contributed by atoms with Gasteiger partial charge in [0.05, 0.1) is 23.2 Å². The summed E-state index contributed by atoms with van der Waals surface area (Å²) in [6, 6.07) is 4.50. The molecule has 2 amide bonds. The number of anilines is 2. The topological polar surface area (TPSA) is 47.1 Å². The molecule has 0 aliphatic carbocycles. The third-order valence-corrected chi connectivity index (χ3v) is 9.48. The number of amides is 2. The molecule has 2 atom stereocenters. The molecule has 2 aliphatic heterocycles. The molecule has 0 aromatic heterocycles. The third-order valence-electron chi connectivity index (χ3n) is 9.48. The monoisotopic (exact) mass is 742 g/mol. The summed E-state index contributed by atoms with van der Waals surface area (Å²) in [7, 11) is 0. The summed E-state index contributed by atoms with van der Waals surface area (Å²) in [4.78, 5) is 37.0. The Hall–Kier alpha value is -1.28. The van der Waals surface area contributed by atoms with E-state index in [0.717, 1.165) is 129 Å². The average molecular weight is 745 g/mol. The van der Waals surface area contributed by atoms with Gasteiger partial charge in [-0.25, -0.2) is 0 Å². The van der Waals surface area contributed by atoms with Crippen molar-refractivity contribution in [3.8, 4) is 0 Å². The highest BCUT2D eigenvalue weighted by Crippen LogP contribution is 2.40. The van der Waals surface area contributed by atoms with Gasteiger partial charge in [0.25, 0.3) is 0 Å². The largest absolute Gasteiger partial charge is 0.369 e. The van der Waals surface area contributed by atoms with Crippen molar-refractivity contribution in [2.24, 2.45) is 11.8 Å². The van der Waals surface area contributed by atoms with Crippen molar-refractivity contribution in [1.29, 1.82) is 0 Å². The molecule has 0 saturated carbocycles. The van der Waals surface area contributed by atoms with Gasteiger partial charge in [-0.2, -0.15) is 0 Å². The number of aryl methyl sites for hydroxylation is 2. The zero-order valence-corrected chi connectivity index (χ0v) is 32.3. The molecule has 1 aromatic carbocycles. The number of hydrogen-bond donors (Lipinski definition) is 0. The maximum absolute atomic E-state index is 13.8. The fourth-order valence-electron chi connectivity index (χ4n) is 6.92. The molecule has 2 saturated heterocycles. The summed E-state index contributed by atoms with van der Waals surface area (Å²) >= 11 is 0. The molecule has 0 spiro atoms. The molecule has 0 radical (unpaired) electrons. The number of carbonyl (C=O) groups excluding carboxylic acids is 2. The minimum absolute atomic E-state index is 0. The van der Waals surface area contributed by atoms with Crippen LogP contribution in [0, 0.1) is 25.7 Å². The lowest BCUT2D eigenvalue weighted by atomic mass is 9.92. The molecule has 0 bridgehead atoms. The Morgan fingerprint density at radius 1 is 0.636 bits per heavy atom. The number of piperidine rings is 2. The SMILES string of the molecule is Br.Br.CCCCN(CCCC)C(=O)C1CCCN(c2c(C)ccc(C)c2N2CCCC(C(=O)N(CCCC)CCCC)C2)C1. The lowest BCUT2D eigenvalue weighted by Gasteiger charge is -2.42. The van der Waals surface area contributed by atoms with Crippen LogP contribution in [0.1, 0.15) is 116 Å². The van der Waals surface area contributed by atoms with Crippen molar-refractivity contribution in [3.05, 3.63) is 23.3 Å². The van der Waals surface area contributed by atoms with Gasteiger partial charge in [-0.1, -0.05) is 65.5 Å². The molecule has 3 rings (SSSR count).